The molecule has 1 rings (SSSR count). The van der Waals surface area contributed by atoms with Crippen LogP contribution in [0.2, 0.25) is 0 Å². The van der Waals surface area contributed by atoms with Crippen molar-refractivity contribution >= 4 is 24.5 Å². The Balaban J connectivity index is 0.000000241. The fourth-order valence-corrected chi connectivity index (χ4v) is 0.718. The highest BCUT2D eigenvalue weighted by molar-refractivity contribution is 5.92. The minimum absolute atomic E-state index is 0.263. The standard InChI is InChI=1S/C5H8O2.C4H4O3/c6-4-2-1-3-5-7;5-3-1-2-4(6)7-3/h4-5H,1-3H2;1-2H2. The Labute approximate surface area is 81.4 Å². The summed E-state index contributed by atoms with van der Waals surface area (Å²) in [6.07, 6.45) is 3.90. The lowest BCUT2D eigenvalue weighted by atomic mass is 10.3. The van der Waals surface area contributed by atoms with Gasteiger partial charge in [-0.2, -0.15) is 0 Å². The molecule has 1 aliphatic heterocycles. The van der Waals surface area contributed by atoms with Crippen LogP contribution in [0.25, 0.3) is 0 Å². The fraction of sp³-hybridized carbons (Fsp3) is 0.556. The molecule has 14 heavy (non-hydrogen) atoms. The predicted molar refractivity (Wildman–Crippen MR) is 46.3 cm³/mol. The van der Waals surface area contributed by atoms with Crippen molar-refractivity contribution in [1.82, 2.24) is 0 Å². The fourth-order valence-electron chi connectivity index (χ4n) is 0.718. The maximum atomic E-state index is 10.0. The summed E-state index contributed by atoms with van der Waals surface area (Å²) in [6, 6.07) is 0. The number of aldehydes is 2. The lowest BCUT2D eigenvalue weighted by Gasteiger charge is -1.79. The van der Waals surface area contributed by atoms with E-state index in [1.165, 1.54) is 0 Å². The maximum Gasteiger partial charge on any atom is 0.314 e. The first kappa shape index (κ1) is 12.5. The Bertz CT molecular complexity index is 199. The van der Waals surface area contributed by atoms with Crippen LogP contribution in [0.4, 0.5) is 0 Å². The summed E-state index contributed by atoms with van der Waals surface area (Å²) in [5, 5.41) is 0. The zero-order chi connectivity index (χ0) is 10.8. The van der Waals surface area contributed by atoms with Crippen molar-refractivity contribution in [2.45, 2.75) is 32.1 Å². The van der Waals surface area contributed by atoms with Crippen molar-refractivity contribution in [2.75, 3.05) is 0 Å². The van der Waals surface area contributed by atoms with Gasteiger partial charge in [0.15, 0.2) is 0 Å². The first-order chi connectivity index (χ1) is 6.70. The molecule has 1 fully saturated rings. The van der Waals surface area contributed by atoms with Gasteiger partial charge in [0.05, 0.1) is 12.8 Å². The Morgan fingerprint density at radius 1 is 1.00 bits per heavy atom. The molecule has 0 spiro atoms. The highest BCUT2D eigenvalue weighted by atomic mass is 16.6. The minimum atomic E-state index is -0.398. The summed E-state index contributed by atoms with van der Waals surface area (Å²) in [4.78, 5) is 39.1. The van der Waals surface area contributed by atoms with E-state index in [4.69, 9.17) is 0 Å². The molecule has 0 amide bonds. The van der Waals surface area contributed by atoms with Crippen LogP contribution in [0.1, 0.15) is 32.1 Å². The van der Waals surface area contributed by atoms with Gasteiger partial charge in [0, 0.05) is 12.8 Å². The lowest BCUT2D eigenvalue weighted by molar-refractivity contribution is -0.152. The number of esters is 2. The van der Waals surface area contributed by atoms with E-state index in [0.29, 0.717) is 19.3 Å². The number of cyclic esters (lactones) is 2. The smallest absolute Gasteiger partial charge is 0.314 e. The molecule has 0 aromatic rings. The van der Waals surface area contributed by atoms with Crippen molar-refractivity contribution in [1.29, 1.82) is 0 Å². The monoisotopic (exact) mass is 200 g/mol. The van der Waals surface area contributed by atoms with Crippen molar-refractivity contribution in [3.63, 3.8) is 0 Å². The summed E-state index contributed by atoms with van der Waals surface area (Å²) < 4.78 is 4.08. The molecule has 0 N–H and O–H groups in total. The van der Waals surface area contributed by atoms with Gasteiger partial charge in [-0.05, 0) is 6.42 Å². The number of rotatable bonds is 4. The van der Waals surface area contributed by atoms with Gasteiger partial charge in [-0.25, -0.2) is 0 Å². The first-order valence-electron chi connectivity index (χ1n) is 4.31. The summed E-state index contributed by atoms with van der Waals surface area (Å²) in [7, 11) is 0. The third kappa shape index (κ3) is 7.15. The van der Waals surface area contributed by atoms with Crippen molar-refractivity contribution in [2.24, 2.45) is 0 Å². The van der Waals surface area contributed by atoms with E-state index in [2.05, 4.69) is 4.74 Å². The number of unbranched alkanes of at least 4 members (excludes halogenated alkanes) is 2. The summed E-state index contributed by atoms with van der Waals surface area (Å²) in [5.41, 5.74) is 0. The number of hydrogen-bond acceptors (Lipinski definition) is 5. The second-order valence-corrected chi connectivity index (χ2v) is 2.61. The average molecular weight is 200 g/mol. The largest absolute Gasteiger partial charge is 0.393 e. The Kier molecular flexibility index (Phi) is 7.22. The average Bonchev–Trinajstić information content (AvgIpc) is 2.52. The third-order valence-corrected chi connectivity index (χ3v) is 1.40. The van der Waals surface area contributed by atoms with Crippen LogP contribution in [-0.4, -0.2) is 24.5 Å². The molecule has 0 aromatic carbocycles. The second-order valence-electron chi connectivity index (χ2n) is 2.61. The number of hydrogen-bond donors (Lipinski definition) is 0. The topological polar surface area (TPSA) is 77.5 Å². The SMILES string of the molecule is O=C1CCC(=O)O1.O=CCCCC=O. The molecule has 0 saturated carbocycles. The Hall–Kier alpha value is -1.52. The van der Waals surface area contributed by atoms with Crippen LogP contribution in [0.15, 0.2) is 0 Å². The van der Waals surface area contributed by atoms with Gasteiger partial charge < -0.3 is 14.3 Å². The maximum absolute atomic E-state index is 10.0. The van der Waals surface area contributed by atoms with Crippen LogP contribution >= 0.6 is 0 Å². The molecular formula is C9H12O5. The first-order valence-corrected chi connectivity index (χ1v) is 4.31. The van der Waals surface area contributed by atoms with Crippen molar-refractivity contribution in [3.8, 4) is 0 Å². The van der Waals surface area contributed by atoms with Crippen LogP contribution in [0.5, 0.6) is 0 Å². The summed E-state index contributed by atoms with van der Waals surface area (Å²) >= 11 is 0. The summed E-state index contributed by atoms with van der Waals surface area (Å²) in [5.74, 6) is -0.796. The van der Waals surface area contributed by atoms with Gasteiger partial charge >= 0.3 is 11.9 Å². The molecule has 1 saturated heterocycles. The van der Waals surface area contributed by atoms with Gasteiger partial charge in [0.25, 0.3) is 0 Å². The molecule has 0 aromatic heterocycles. The molecule has 0 unspecified atom stereocenters. The lowest BCUT2D eigenvalue weighted by Crippen LogP contribution is -1.94. The number of ether oxygens (including phenoxy) is 1. The predicted octanol–water partition coefficient (Wildman–Crippen LogP) is 0.405. The molecule has 5 nitrogen and oxygen atoms in total. The molecule has 0 bridgehead atoms. The summed E-state index contributed by atoms with van der Waals surface area (Å²) in [6.45, 7) is 0. The van der Waals surface area contributed by atoms with Gasteiger partial charge in [0.2, 0.25) is 0 Å². The molecule has 1 heterocycles. The molecule has 1 aliphatic rings. The molecule has 5 heteroatoms. The molecule has 78 valence electrons. The molecule has 0 atom stereocenters. The van der Waals surface area contributed by atoms with Crippen LogP contribution < -0.4 is 0 Å². The Morgan fingerprint density at radius 3 is 1.64 bits per heavy atom. The van der Waals surface area contributed by atoms with Crippen molar-refractivity contribution < 1.29 is 23.9 Å². The van der Waals surface area contributed by atoms with E-state index in [9.17, 15) is 19.2 Å². The quantitative estimate of drug-likeness (QED) is 0.284. The van der Waals surface area contributed by atoms with Crippen LogP contribution in [0, 0.1) is 0 Å². The van der Waals surface area contributed by atoms with E-state index in [-0.39, 0.29) is 12.8 Å². The zero-order valence-electron chi connectivity index (χ0n) is 7.73. The van der Waals surface area contributed by atoms with Gasteiger partial charge in [0.1, 0.15) is 12.6 Å². The van der Waals surface area contributed by atoms with Crippen LogP contribution in [0.3, 0.4) is 0 Å². The van der Waals surface area contributed by atoms with Crippen molar-refractivity contribution in [3.05, 3.63) is 0 Å². The third-order valence-electron chi connectivity index (χ3n) is 1.40. The highest BCUT2D eigenvalue weighted by Gasteiger charge is 2.19. The number of carbonyl (C=O) groups is 4. The Morgan fingerprint density at radius 2 is 1.43 bits per heavy atom. The van der Waals surface area contributed by atoms with Gasteiger partial charge in [-0.15, -0.1) is 0 Å². The normalized spacial score (nSPS) is 14.0. The van der Waals surface area contributed by atoms with Crippen LogP contribution in [-0.2, 0) is 23.9 Å². The second kappa shape index (κ2) is 8.10. The van der Waals surface area contributed by atoms with E-state index >= 15 is 0 Å². The van der Waals surface area contributed by atoms with E-state index in [1.807, 2.05) is 0 Å². The number of carbonyl (C=O) groups excluding carboxylic acids is 4. The molecule has 0 aliphatic carbocycles. The minimum Gasteiger partial charge on any atom is -0.393 e. The van der Waals surface area contributed by atoms with Gasteiger partial charge in [-0.3, -0.25) is 9.59 Å². The molecule has 0 radical (unpaired) electrons. The van der Waals surface area contributed by atoms with E-state index < -0.39 is 11.9 Å². The van der Waals surface area contributed by atoms with Gasteiger partial charge in [-0.1, -0.05) is 0 Å². The zero-order valence-corrected chi connectivity index (χ0v) is 7.73. The highest BCUT2D eigenvalue weighted by Crippen LogP contribution is 2.03. The molecular weight excluding hydrogens is 188 g/mol. The van der Waals surface area contributed by atoms with E-state index in [1.54, 1.807) is 0 Å². The van der Waals surface area contributed by atoms with E-state index in [0.717, 1.165) is 12.6 Å².